The van der Waals surface area contributed by atoms with Crippen molar-refractivity contribution in [3.8, 4) is 0 Å². The number of halogens is 6. The minimum atomic E-state index is -4.49. The van der Waals surface area contributed by atoms with E-state index in [1.165, 1.54) is 0 Å². The van der Waals surface area contributed by atoms with E-state index in [-0.39, 0.29) is 13.1 Å². The van der Waals surface area contributed by atoms with Gasteiger partial charge in [0.15, 0.2) is 0 Å². The fraction of sp³-hybridized carbons (Fsp3) is 0.625. The highest BCUT2D eigenvalue weighted by Crippen LogP contribution is 2.28. The molecule has 0 aliphatic rings. The van der Waals surface area contributed by atoms with Crippen LogP contribution in [0.2, 0.25) is 0 Å². The van der Waals surface area contributed by atoms with Crippen LogP contribution in [0.4, 0.5) is 26.3 Å². The van der Waals surface area contributed by atoms with Crippen LogP contribution in [0.1, 0.15) is 5.56 Å². The molecule has 1 aromatic rings. The minimum Gasteiger partial charge on any atom is -0.307 e. The summed E-state index contributed by atoms with van der Waals surface area (Å²) in [6.07, 6.45) is -7.45. The third-order valence-electron chi connectivity index (χ3n) is 1.80. The molecule has 0 spiro atoms. The average molecular weight is 261 g/mol. The SMILES string of the molecule is FC(F)(F)CNCCn1cc(C(F)(F)F)cn1. The van der Waals surface area contributed by atoms with Gasteiger partial charge >= 0.3 is 12.4 Å². The number of aromatic nitrogens is 2. The van der Waals surface area contributed by atoms with Gasteiger partial charge in [-0.15, -0.1) is 0 Å². The van der Waals surface area contributed by atoms with Crippen LogP contribution >= 0.6 is 0 Å². The maximum atomic E-state index is 12.1. The molecule has 17 heavy (non-hydrogen) atoms. The van der Waals surface area contributed by atoms with Crippen molar-refractivity contribution in [1.29, 1.82) is 0 Å². The summed E-state index contributed by atoms with van der Waals surface area (Å²) in [6, 6.07) is 0. The molecule has 0 bridgehead atoms. The van der Waals surface area contributed by atoms with Crippen LogP contribution in [0.25, 0.3) is 0 Å². The van der Waals surface area contributed by atoms with Crippen molar-refractivity contribution in [2.24, 2.45) is 0 Å². The zero-order chi connectivity index (χ0) is 13.1. The summed E-state index contributed by atoms with van der Waals surface area (Å²) in [5.74, 6) is 0. The number of nitrogens with one attached hydrogen (secondary N) is 1. The summed E-state index contributed by atoms with van der Waals surface area (Å²) in [4.78, 5) is 0. The molecule has 1 aromatic heterocycles. The van der Waals surface area contributed by atoms with Crippen molar-refractivity contribution in [3.05, 3.63) is 18.0 Å². The smallest absolute Gasteiger partial charge is 0.307 e. The van der Waals surface area contributed by atoms with E-state index in [2.05, 4.69) is 10.4 Å². The molecule has 0 saturated carbocycles. The van der Waals surface area contributed by atoms with Gasteiger partial charge in [-0.1, -0.05) is 0 Å². The van der Waals surface area contributed by atoms with E-state index in [0.29, 0.717) is 6.20 Å². The number of nitrogens with zero attached hydrogens (tertiary/aromatic N) is 2. The first-order valence-corrected chi connectivity index (χ1v) is 4.55. The van der Waals surface area contributed by atoms with Crippen LogP contribution in [0.5, 0.6) is 0 Å². The fourth-order valence-corrected chi connectivity index (χ4v) is 1.06. The van der Waals surface area contributed by atoms with Crippen molar-refractivity contribution < 1.29 is 26.3 Å². The van der Waals surface area contributed by atoms with Crippen molar-refractivity contribution in [2.45, 2.75) is 18.9 Å². The highest BCUT2D eigenvalue weighted by molar-refractivity contribution is 5.08. The number of alkyl halides is 6. The van der Waals surface area contributed by atoms with E-state index in [0.717, 1.165) is 10.9 Å². The molecule has 0 aliphatic carbocycles. The molecule has 0 saturated heterocycles. The Kier molecular flexibility index (Phi) is 4.02. The minimum absolute atomic E-state index is 0.0633. The molecule has 0 fully saturated rings. The second kappa shape index (κ2) is 4.94. The summed E-state index contributed by atoms with van der Waals surface area (Å²) in [5, 5.41) is 5.45. The Hall–Kier alpha value is -1.25. The van der Waals surface area contributed by atoms with E-state index >= 15 is 0 Å². The standard InChI is InChI=1S/C8H9F6N3/c9-7(10,11)5-15-1-2-17-4-6(3-16-17)8(12,13)14/h3-4,15H,1-2,5H2. The van der Waals surface area contributed by atoms with Crippen molar-refractivity contribution in [1.82, 2.24) is 15.1 Å². The lowest BCUT2D eigenvalue weighted by atomic mass is 10.4. The molecular weight excluding hydrogens is 252 g/mol. The molecule has 1 N–H and O–H groups in total. The first kappa shape index (κ1) is 13.8. The third-order valence-corrected chi connectivity index (χ3v) is 1.80. The Bertz CT molecular complexity index is 353. The van der Waals surface area contributed by atoms with E-state index in [4.69, 9.17) is 0 Å². The first-order chi connectivity index (χ1) is 7.68. The molecule has 0 atom stereocenters. The molecule has 1 rings (SSSR count). The van der Waals surface area contributed by atoms with Crippen LogP contribution in [-0.2, 0) is 12.7 Å². The largest absolute Gasteiger partial charge is 0.419 e. The van der Waals surface area contributed by atoms with Gasteiger partial charge in [0.2, 0.25) is 0 Å². The maximum absolute atomic E-state index is 12.1. The predicted octanol–water partition coefficient (Wildman–Crippen LogP) is 2.05. The lowest BCUT2D eigenvalue weighted by Crippen LogP contribution is -2.31. The second-order valence-corrected chi connectivity index (χ2v) is 3.28. The van der Waals surface area contributed by atoms with E-state index in [9.17, 15) is 26.3 Å². The lowest BCUT2D eigenvalue weighted by Gasteiger charge is -2.07. The number of rotatable bonds is 4. The second-order valence-electron chi connectivity index (χ2n) is 3.28. The van der Waals surface area contributed by atoms with Crippen LogP contribution < -0.4 is 5.32 Å². The van der Waals surface area contributed by atoms with Crippen molar-refractivity contribution in [2.75, 3.05) is 13.1 Å². The Morgan fingerprint density at radius 1 is 1.18 bits per heavy atom. The molecule has 0 radical (unpaired) electrons. The van der Waals surface area contributed by atoms with Gasteiger partial charge in [-0.05, 0) is 0 Å². The average Bonchev–Trinajstić information content (AvgIpc) is 2.58. The molecule has 98 valence electrons. The van der Waals surface area contributed by atoms with E-state index < -0.39 is 24.5 Å². The van der Waals surface area contributed by atoms with Gasteiger partial charge in [-0.3, -0.25) is 4.68 Å². The zero-order valence-corrected chi connectivity index (χ0v) is 8.44. The Morgan fingerprint density at radius 3 is 2.29 bits per heavy atom. The quantitative estimate of drug-likeness (QED) is 0.664. The van der Waals surface area contributed by atoms with E-state index in [1.807, 2.05) is 0 Å². The topological polar surface area (TPSA) is 29.9 Å². The van der Waals surface area contributed by atoms with Crippen LogP contribution in [0, 0.1) is 0 Å². The molecule has 0 amide bonds. The van der Waals surface area contributed by atoms with Crippen LogP contribution in [-0.4, -0.2) is 29.0 Å². The van der Waals surface area contributed by atoms with Gasteiger partial charge in [0.05, 0.1) is 24.8 Å². The van der Waals surface area contributed by atoms with Crippen LogP contribution in [0.3, 0.4) is 0 Å². The molecule has 0 unspecified atom stereocenters. The first-order valence-electron chi connectivity index (χ1n) is 4.55. The van der Waals surface area contributed by atoms with Gasteiger partial charge in [0, 0.05) is 12.7 Å². The van der Waals surface area contributed by atoms with Crippen LogP contribution in [0.15, 0.2) is 12.4 Å². The number of hydrogen-bond acceptors (Lipinski definition) is 2. The third kappa shape index (κ3) is 5.07. The van der Waals surface area contributed by atoms with E-state index in [1.54, 1.807) is 0 Å². The summed E-state index contributed by atoms with van der Waals surface area (Å²) in [6.45, 7) is -1.36. The Labute approximate surface area is 92.4 Å². The highest BCUT2D eigenvalue weighted by atomic mass is 19.4. The highest BCUT2D eigenvalue weighted by Gasteiger charge is 2.32. The molecule has 0 aliphatic heterocycles. The van der Waals surface area contributed by atoms with Gasteiger partial charge < -0.3 is 5.32 Å². The van der Waals surface area contributed by atoms with Crippen molar-refractivity contribution >= 4 is 0 Å². The van der Waals surface area contributed by atoms with Gasteiger partial charge in [-0.2, -0.15) is 31.4 Å². The van der Waals surface area contributed by atoms with Gasteiger partial charge in [-0.25, -0.2) is 0 Å². The lowest BCUT2D eigenvalue weighted by molar-refractivity contribution is -0.137. The zero-order valence-electron chi connectivity index (χ0n) is 8.44. The van der Waals surface area contributed by atoms with Gasteiger partial charge in [0.1, 0.15) is 0 Å². The molecule has 3 nitrogen and oxygen atoms in total. The predicted molar refractivity (Wildman–Crippen MR) is 46.2 cm³/mol. The fourth-order valence-electron chi connectivity index (χ4n) is 1.06. The summed E-state index contributed by atoms with van der Waals surface area (Å²) >= 11 is 0. The normalized spacial score (nSPS) is 13.1. The maximum Gasteiger partial charge on any atom is 0.419 e. The Balaban J connectivity index is 2.36. The van der Waals surface area contributed by atoms with Crippen molar-refractivity contribution in [3.63, 3.8) is 0 Å². The summed E-state index contributed by atoms with van der Waals surface area (Å²) in [7, 11) is 0. The molecular formula is C8H9F6N3. The molecule has 9 heteroatoms. The summed E-state index contributed by atoms with van der Waals surface area (Å²) < 4.78 is 72.4. The monoisotopic (exact) mass is 261 g/mol. The molecule has 0 aromatic carbocycles. The Morgan fingerprint density at radius 2 is 1.82 bits per heavy atom. The summed E-state index contributed by atoms with van der Waals surface area (Å²) in [5.41, 5.74) is -0.923. The van der Waals surface area contributed by atoms with Gasteiger partial charge in [0.25, 0.3) is 0 Å². The number of hydrogen-bond donors (Lipinski definition) is 1. The molecule has 1 heterocycles.